The lowest BCUT2D eigenvalue weighted by atomic mass is 9.90. The SMILES string of the molecule is O=C1Nc2ccc(Cl)cc2C(CNS(=O)(=O)c2ccccc2F)(C(F)(F)F)O1. The first kappa shape index (κ1) is 20.4. The average Bonchev–Trinajstić information content (AvgIpc) is 2.59. The quantitative estimate of drug-likeness (QED) is 0.712. The Kier molecular flexibility index (Phi) is 5.02. The summed E-state index contributed by atoms with van der Waals surface area (Å²) in [4.78, 5) is 10.9. The molecule has 1 aliphatic heterocycles. The zero-order valence-electron chi connectivity index (χ0n) is 13.7. The van der Waals surface area contributed by atoms with Gasteiger partial charge < -0.3 is 4.74 Å². The van der Waals surface area contributed by atoms with E-state index in [-0.39, 0.29) is 10.7 Å². The van der Waals surface area contributed by atoms with Crippen molar-refractivity contribution in [1.29, 1.82) is 0 Å². The van der Waals surface area contributed by atoms with Gasteiger partial charge in [0.15, 0.2) is 0 Å². The molecular weight excluding hydrogens is 428 g/mol. The molecule has 28 heavy (non-hydrogen) atoms. The highest BCUT2D eigenvalue weighted by Gasteiger charge is 2.62. The van der Waals surface area contributed by atoms with E-state index in [0.29, 0.717) is 0 Å². The molecule has 0 aliphatic carbocycles. The van der Waals surface area contributed by atoms with Crippen molar-refractivity contribution in [2.45, 2.75) is 16.7 Å². The Labute approximate surface area is 161 Å². The van der Waals surface area contributed by atoms with E-state index >= 15 is 0 Å². The highest BCUT2D eigenvalue weighted by molar-refractivity contribution is 7.89. The zero-order valence-corrected chi connectivity index (χ0v) is 15.3. The minimum absolute atomic E-state index is 0.0934. The van der Waals surface area contributed by atoms with Crippen molar-refractivity contribution in [2.24, 2.45) is 0 Å². The summed E-state index contributed by atoms with van der Waals surface area (Å²) in [6.07, 6.45) is -6.65. The second kappa shape index (κ2) is 6.90. The fourth-order valence-corrected chi connectivity index (χ4v) is 3.99. The Balaban J connectivity index is 2.07. The van der Waals surface area contributed by atoms with Crippen LogP contribution in [0.25, 0.3) is 0 Å². The molecule has 3 rings (SSSR count). The molecule has 1 aliphatic rings. The van der Waals surface area contributed by atoms with Gasteiger partial charge in [0.2, 0.25) is 15.6 Å². The maximum absolute atomic E-state index is 14.0. The Bertz CT molecular complexity index is 1050. The number of halogens is 5. The largest absolute Gasteiger partial charge is 0.434 e. The Hall–Kier alpha value is -2.37. The molecule has 0 saturated heterocycles. The van der Waals surface area contributed by atoms with Crippen LogP contribution in [0, 0.1) is 5.82 Å². The second-order valence-electron chi connectivity index (χ2n) is 5.78. The van der Waals surface area contributed by atoms with Crippen LogP contribution in [0.5, 0.6) is 0 Å². The lowest BCUT2D eigenvalue weighted by Crippen LogP contribution is -2.56. The number of carbonyl (C=O) groups excluding carboxylic acids is 1. The smallest absolute Gasteiger partial charge is 0.426 e. The molecule has 0 fully saturated rings. The molecule has 1 heterocycles. The summed E-state index contributed by atoms with van der Waals surface area (Å²) in [5.74, 6) is -1.15. The summed E-state index contributed by atoms with van der Waals surface area (Å²) in [5.41, 5.74) is -4.21. The van der Waals surface area contributed by atoms with Crippen LogP contribution in [0.2, 0.25) is 5.02 Å². The van der Waals surface area contributed by atoms with Gasteiger partial charge in [-0.25, -0.2) is 22.3 Å². The molecule has 0 bridgehead atoms. The van der Waals surface area contributed by atoms with Gasteiger partial charge >= 0.3 is 12.3 Å². The molecule has 150 valence electrons. The van der Waals surface area contributed by atoms with Crippen molar-refractivity contribution in [1.82, 2.24) is 4.72 Å². The predicted octanol–water partition coefficient (Wildman–Crippen LogP) is 3.78. The van der Waals surface area contributed by atoms with Gasteiger partial charge in [-0.05, 0) is 30.3 Å². The minimum atomic E-state index is -5.22. The van der Waals surface area contributed by atoms with Crippen LogP contribution < -0.4 is 10.0 Å². The summed E-state index contributed by atoms with van der Waals surface area (Å²) in [6.45, 7) is -1.42. The minimum Gasteiger partial charge on any atom is -0.426 e. The van der Waals surface area contributed by atoms with Crippen LogP contribution >= 0.6 is 11.6 Å². The molecule has 1 unspecified atom stereocenters. The van der Waals surface area contributed by atoms with E-state index in [0.717, 1.165) is 24.3 Å². The fourth-order valence-electron chi connectivity index (χ4n) is 2.69. The summed E-state index contributed by atoms with van der Waals surface area (Å²) >= 11 is 5.77. The van der Waals surface area contributed by atoms with Crippen LogP contribution in [0.15, 0.2) is 47.4 Å². The van der Waals surface area contributed by atoms with Crippen molar-refractivity contribution in [2.75, 3.05) is 11.9 Å². The van der Waals surface area contributed by atoms with Crippen molar-refractivity contribution in [3.63, 3.8) is 0 Å². The number of carbonyl (C=O) groups is 1. The number of nitrogens with one attached hydrogen (secondary N) is 2. The number of ether oxygens (including phenoxy) is 1. The lowest BCUT2D eigenvalue weighted by Gasteiger charge is -2.39. The van der Waals surface area contributed by atoms with Crippen LogP contribution in [0.4, 0.5) is 28.0 Å². The lowest BCUT2D eigenvalue weighted by molar-refractivity contribution is -0.261. The molecule has 2 aromatic rings. The number of rotatable bonds is 4. The predicted molar refractivity (Wildman–Crippen MR) is 90.9 cm³/mol. The molecular formula is C16H11ClF4N2O4S. The summed E-state index contributed by atoms with van der Waals surface area (Å²) in [5, 5.41) is 2.00. The standard InChI is InChI=1S/C16H11ClF4N2O4S/c17-9-5-6-12-10(7-9)15(16(19,20)21,27-14(24)23-12)8-22-28(25,26)13-4-2-1-3-11(13)18/h1-7,22H,8H2,(H,23,24). The first-order chi connectivity index (χ1) is 13.0. The van der Waals surface area contributed by atoms with Gasteiger partial charge in [0.25, 0.3) is 0 Å². The third kappa shape index (κ3) is 3.52. The van der Waals surface area contributed by atoms with Crippen molar-refractivity contribution < 1.29 is 35.5 Å². The van der Waals surface area contributed by atoms with Gasteiger partial charge in [-0.2, -0.15) is 13.2 Å². The summed E-state index contributed by atoms with van der Waals surface area (Å²) in [6, 6.07) is 7.43. The number of cyclic esters (lactones) is 1. The number of anilines is 1. The highest BCUT2D eigenvalue weighted by atomic mass is 35.5. The summed E-state index contributed by atoms with van der Waals surface area (Å²) < 4.78 is 86.6. The number of hydrogen-bond acceptors (Lipinski definition) is 4. The summed E-state index contributed by atoms with van der Waals surface area (Å²) in [7, 11) is -4.69. The molecule has 6 nitrogen and oxygen atoms in total. The van der Waals surface area contributed by atoms with Gasteiger partial charge in [-0.3, -0.25) is 5.32 Å². The molecule has 0 saturated carbocycles. The molecule has 2 aromatic carbocycles. The van der Waals surface area contributed by atoms with E-state index < -0.39 is 50.7 Å². The Morgan fingerprint density at radius 1 is 1.18 bits per heavy atom. The van der Waals surface area contributed by atoms with Gasteiger partial charge in [0.05, 0.1) is 12.2 Å². The number of fused-ring (bicyclic) bond motifs is 1. The topological polar surface area (TPSA) is 84.5 Å². The van der Waals surface area contributed by atoms with Gasteiger partial charge in [-0.15, -0.1) is 0 Å². The second-order valence-corrected chi connectivity index (χ2v) is 7.96. The van der Waals surface area contributed by atoms with E-state index in [1.165, 1.54) is 18.2 Å². The van der Waals surface area contributed by atoms with Crippen molar-refractivity contribution in [3.05, 3.63) is 58.9 Å². The number of benzene rings is 2. The molecule has 0 radical (unpaired) electrons. The maximum atomic E-state index is 14.0. The van der Waals surface area contributed by atoms with E-state index in [1.54, 1.807) is 4.72 Å². The van der Waals surface area contributed by atoms with Gasteiger partial charge in [0.1, 0.15) is 10.7 Å². The Morgan fingerprint density at radius 3 is 2.50 bits per heavy atom. The molecule has 0 spiro atoms. The molecule has 2 N–H and O–H groups in total. The molecule has 1 amide bonds. The number of alkyl halides is 3. The molecule has 12 heteroatoms. The van der Waals surface area contributed by atoms with Gasteiger partial charge in [-0.1, -0.05) is 23.7 Å². The normalized spacial score (nSPS) is 19.5. The molecule has 0 aromatic heterocycles. The van der Waals surface area contributed by atoms with Crippen molar-refractivity contribution >= 4 is 33.4 Å². The zero-order chi connectivity index (χ0) is 20.7. The first-order valence-corrected chi connectivity index (χ1v) is 9.43. The number of sulfonamides is 1. The third-order valence-electron chi connectivity index (χ3n) is 4.02. The number of amides is 1. The fraction of sp³-hybridized carbons (Fsp3) is 0.188. The third-order valence-corrected chi connectivity index (χ3v) is 5.69. The van der Waals surface area contributed by atoms with Crippen LogP contribution in [-0.2, 0) is 20.4 Å². The van der Waals surface area contributed by atoms with Crippen LogP contribution in [0.1, 0.15) is 5.56 Å². The van der Waals surface area contributed by atoms with Crippen LogP contribution in [0.3, 0.4) is 0 Å². The van der Waals surface area contributed by atoms with E-state index in [9.17, 15) is 30.8 Å². The van der Waals surface area contributed by atoms with E-state index in [2.05, 4.69) is 10.1 Å². The van der Waals surface area contributed by atoms with Crippen molar-refractivity contribution in [3.8, 4) is 0 Å². The molecule has 1 atom stereocenters. The Morgan fingerprint density at radius 2 is 1.86 bits per heavy atom. The maximum Gasteiger partial charge on any atom is 0.434 e. The highest BCUT2D eigenvalue weighted by Crippen LogP contribution is 2.48. The van der Waals surface area contributed by atoms with E-state index in [4.69, 9.17) is 11.6 Å². The monoisotopic (exact) mass is 438 g/mol. The average molecular weight is 439 g/mol. The number of hydrogen-bond donors (Lipinski definition) is 2. The van der Waals surface area contributed by atoms with Gasteiger partial charge in [0, 0.05) is 10.6 Å². The first-order valence-electron chi connectivity index (χ1n) is 7.57. The van der Waals surface area contributed by atoms with E-state index in [1.807, 2.05) is 0 Å². The van der Waals surface area contributed by atoms with Crippen LogP contribution in [-0.4, -0.2) is 27.2 Å².